The molecule has 0 aliphatic rings. The van der Waals surface area contributed by atoms with Crippen molar-refractivity contribution in [2.24, 2.45) is 0 Å². The van der Waals surface area contributed by atoms with Crippen molar-refractivity contribution >= 4 is 29.1 Å². The zero-order chi connectivity index (χ0) is 18.5. The topological polar surface area (TPSA) is 69.9 Å². The molecule has 0 amide bonds. The van der Waals surface area contributed by atoms with Crippen LogP contribution in [0.5, 0.6) is 5.75 Å². The lowest BCUT2D eigenvalue weighted by Crippen LogP contribution is -2.01. The fourth-order valence-corrected chi connectivity index (χ4v) is 3.44. The number of hydrogen-bond acceptors (Lipinski definition) is 6. The van der Waals surface area contributed by atoms with Gasteiger partial charge in [-0.15, -0.1) is 5.10 Å². The number of carbonyl (C=O) groups excluding carboxylic acids is 1. The molecule has 0 atom stereocenters. The quantitative estimate of drug-likeness (QED) is 0.446. The molecule has 1 heterocycles. The summed E-state index contributed by atoms with van der Waals surface area (Å²) in [5.41, 5.74) is 2.36. The molecule has 26 heavy (non-hydrogen) atoms. The molecule has 6 nitrogen and oxygen atoms in total. The fraction of sp³-hybridized carbons (Fsp3) is 0.222. The number of tetrazole rings is 1. The summed E-state index contributed by atoms with van der Waals surface area (Å²) in [6.07, 6.45) is 0. The van der Waals surface area contributed by atoms with Crippen LogP contribution in [0.1, 0.15) is 29.8 Å². The van der Waals surface area contributed by atoms with Gasteiger partial charge in [0.25, 0.3) is 0 Å². The van der Waals surface area contributed by atoms with Crippen molar-refractivity contribution in [2.75, 3.05) is 6.61 Å². The van der Waals surface area contributed by atoms with Crippen molar-refractivity contribution in [1.82, 2.24) is 20.2 Å². The summed E-state index contributed by atoms with van der Waals surface area (Å²) in [7, 11) is 0. The predicted octanol–water partition coefficient (Wildman–Crippen LogP) is 4.21. The fourth-order valence-electron chi connectivity index (χ4n) is 2.39. The Morgan fingerprint density at radius 2 is 2.12 bits per heavy atom. The van der Waals surface area contributed by atoms with E-state index >= 15 is 0 Å². The Morgan fingerprint density at radius 1 is 1.27 bits per heavy atom. The zero-order valence-electron chi connectivity index (χ0n) is 14.3. The van der Waals surface area contributed by atoms with Crippen molar-refractivity contribution in [2.45, 2.75) is 24.8 Å². The lowest BCUT2D eigenvalue weighted by molar-refractivity contribution is 0.101. The summed E-state index contributed by atoms with van der Waals surface area (Å²) < 4.78 is 7.30. The van der Waals surface area contributed by atoms with Gasteiger partial charge in [0.15, 0.2) is 5.78 Å². The van der Waals surface area contributed by atoms with Gasteiger partial charge < -0.3 is 4.74 Å². The maximum absolute atomic E-state index is 11.7. The van der Waals surface area contributed by atoms with Gasteiger partial charge in [0.1, 0.15) is 5.75 Å². The molecule has 0 saturated heterocycles. The number of aromatic nitrogens is 4. The van der Waals surface area contributed by atoms with Crippen LogP contribution in [0.25, 0.3) is 5.69 Å². The summed E-state index contributed by atoms with van der Waals surface area (Å²) in [4.78, 5) is 11.7. The number of rotatable bonds is 7. The molecule has 2 aromatic carbocycles. The van der Waals surface area contributed by atoms with Crippen molar-refractivity contribution in [3.63, 3.8) is 0 Å². The molecule has 0 N–H and O–H groups in total. The maximum atomic E-state index is 11.7. The van der Waals surface area contributed by atoms with Gasteiger partial charge in [-0.2, -0.15) is 4.68 Å². The molecule has 0 saturated carbocycles. The summed E-state index contributed by atoms with van der Waals surface area (Å²) >= 11 is 7.51. The van der Waals surface area contributed by atoms with Crippen molar-refractivity contribution in [3.05, 3.63) is 58.6 Å². The first kappa shape index (κ1) is 18.4. The molecule has 0 radical (unpaired) electrons. The Morgan fingerprint density at radius 3 is 2.85 bits per heavy atom. The maximum Gasteiger partial charge on any atom is 0.214 e. The number of nitrogens with zero attached hydrogens (tertiary/aromatic N) is 4. The highest BCUT2D eigenvalue weighted by atomic mass is 35.5. The van der Waals surface area contributed by atoms with Crippen LogP contribution in [0.3, 0.4) is 0 Å². The van der Waals surface area contributed by atoms with E-state index in [0.717, 1.165) is 17.0 Å². The summed E-state index contributed by atoms with van der Waals surface area (Å²) in [5.74, 6) is 1.34. The van der Waals surface area contributed by atoms with Crippen LogP contribution in [-0.2, 0) is 5.75 Å². The van der Waals surface area contributed by atoms with Gasteiger partial charge in [-0.25, -0.2) is 0 Å². The molecule has 8 heteroatoms. The molecule has 0 spiro atoms. The number of Topliss-reactive ketones (excluding diaryl/α,β-unsaturated/α-hetero) is 1. The minimum atomic E-state index is 0.0167. The minimum Gasteiger partial charge on any atom is -0.494 e. The van der Waals surface area contributed by atoms with Crippen molar-refractivity contribution in [1.29, 1.82) is 0 Å². The van der Waals surface area contributed by atoms with Gasteiger partial charge in [-0.1, -0.05) is 29.4 Å². The average molecular weight is 389 g/mol. The van der Waals surface area contributed by atoms with E-state index in [1.54, 1.807) is 29.8 Å². The van der Waals surface area contributed by atoms with E-state index < -0.39 is 0 Å². The molecule has 1 aromatic heterocycles. The van der Waals surface area contributed by atoms with Crippen LogP contribution in [0, 0.1) is 0 Å². The third-order valence-corrected chi connectivity index (χ3v) is 4.82. The summed E-state index contributed by atoms with van der Waals surface area (Å²) in [6, 6.07) is 12.8. The van der Waals surface area contributed by atoms with E-state index in [1.807, 2.05) is 31.2 Å². The number of ketones is 1. The first-order valence-electron chi connectivity index (χ1n) is 8.02. The minimum absolute atomic E-state index is 0.0167. The molecular weight excluding hydrogens is 372 g/mol. The highest BCUT2D eigenvalue weighted by Gasteiger charge is 2.13. The van der Waals surface area contributed by atoms with E-state index in [0.29, 0.717) is 28.1 Å². The SMILES string of the molecule is CCOc1ccc(C(C)=O)cc1CSc1nnnn1-c1cccc(Cl)c1. The van der Waals surface area contributed by atoms with Gasteiger partial charge in [-0.05, 0) is 60.7 Å². The number of benzene rings is 2. The van der Waals surface area contributed by atoms with Gasteiger partial charge in [0, 0.05) is 21.9 Å². The van der Waals surface area contributed by atoms with Gasteiger partial charge in [-0.3, -0.25) is 4.79 Å². The molecule has 0 fully saturated rings. The van der Waals surface area contributed by atoms with E-state index in [4.69, 9.17) is 16.3 Å². The molecular formula is C18H17ClN4O2S. The standard InChI is InChI=1S/C18H17ClN4O2S/c1-3-25-17-8-7-13(12(2)24)9-14(17)11-26-18-20-21-22-23(18)16-6-4-5-15(19)10-16/h4-10H,3,11H2,1-2H3. The summed E-state index contributed by atoms with van der Waals surface area (Å²) in [5, 5.41) is 13.1. The number of halogens is 1. The van der Waals surface area contributed by atoms with Gasteiger partial charge in [0.2, 0.25) is 5.16 Å². The van der Waals surface area contributed by atoms with Crippen molar-refractivity contribution < 1.29 is 9.53 Å². The van der Waals surface area contributed by atoms with Crippen LogP contribution >= 0.6 is 23.4 Å². The first-order chi connectivity index (χ1) is 12.6. The first-order valence-corrected chi connectivity index (χ1v) is 9.38. The molecule has 3 aromatic rings. The van der Waals surface area contributed by atoms with Crippen LogP contribution in [-0.4, -0.2) is 32.6 Å². The van der Waals surface area contributed by atoms with E-state index in [2.05, 4.69) is 15.5 Å². The average Bonchev–Trinajstić information content (AvgIpc) is 3.09. The summed E-state index contributed by atoms with van der Waals surface area (Å²) in [6.45, 7) is 4.03. The van der Waals surface area contributed by atoms with Gasteiger partial charge >= 0.3 is 0 Å². The van der Waals surface area contributed by atoms with Crippen LogP contribution in [0.4, 0.5) is 0 Å². The number of hydrogen-bond donors (Lipinski definition) is 0. The highest BCUT2D eigenvalue weighted by molar-refractivity contribution is 7.98. The third-order valence-electron chi connectivity index (χ3n) is 3.62. The Kier molecular flexibility index (Phi) is 5.90. The molecule has 0 bridgehead atoms. The second-order valence-electron chi connectivity index (χ2n) is 5.45. The van der Waals surface area contributed by atoms with Crippen LogP contribution in [0.15, 0.2) is 47.6 Å². The molecule has 134 valence electrons. The van der Waals surface area contributed by atoms with Crippen molar-refractivity contribution in [3.8, 4) is 11.4 Å². The second kappa shape index (κ2) is 8.33. The zero-order valence-corrected chi connectivity index (χ0v) is 15.9. The Bertz CT molecular complexity index is 929. The predicted molar refractivity (Wildman–Crippen MR) is 101 cm³/mol. The van der Waals surface area contributed by atoms with Crippen LogP contribution < -0.4 is 4.74 Å². The van der Waals surface area contributed by atoms with Crippen LogP contribution in [0.2, 0.25) is 5.02 Å². The molecule has 0 aliphatic carbocycles. The molecule has 3 rings (SSSR count). The largest absolute Gasteiger partial charge is 0.494 e. The third kappa shape index (κ3) is 4.23. The number of ether oxygens (including phenoxy) is 1. The second-order valence-corrected chi connectivity index (χ2v) is 6.83. The number of thioether (sulfide) groups is 1. The van der Waals surface area contributed by atoms with Gasteiger partial charge in [0.05, 0.1) is 12.3 Å². The Balaban J connectivity index is 1.85. The molecule has 0 aliphatic heterocycles. The van der Waals surface area contributed by atoms with E-state index in [-0.39, 0.29) is 5.78 Å². The smallest absolute Gasteiger partial charge is 0.214 e. The van der Waals surface area contributed by atoms with E-state index in [9.17, 15) is 4.79 Å². The Hall–Kier alpha value is -2.38. The Labute approximate surface area is 160 Å². The highest BCUT2D eigenvalue weighted by Crippen LogP contribution is 2.29. The number of carbonyl (C=O) groups is 1. The monoisotopic (exact) mass is 388 g/mol. The lowest BCUT2D eigenvalue weighted by Gasteiger charge is -2.11. The molecule has 0 unspecified atom stereocenters. The lowest BCUT2D eigenvalue weighted by atomic mass is 10.1. The van der Waals surface area contributed by atoms with E-state index in [1.165, 1.54) is 11.8 Å². The normalized spacial score (nSPS) is 10.7.